The highest BCUT2D eigenvalue weighted by molar-refractivity contribution is 7.89. The van der Waals surface area contributed by atoms with Crippen molar-refractivity contribution in [1.82, 2.24) is 4.72 Å². The lowest BCUT2D eigenvalue weighted by molar-refractivity contribution is -0.111. The fourth-order valence-electron chi connectivity index (χ4n) is 2.52. The zero-order valence-electron chi connectivity index (χ0n) is 16.8. The molecule has 0 saturated heterocycles. The molecule has 0 spiro atoms. The summed E-state index contributed by atoms with van der Waals surface area (Å²) < 4.78 is 37.4. The molecular formula is C21H26N2O5S. The number of carbonyl (C=O) groups is 1. The monoisotopic (exact) mass is 418 g/mol. The topological polar surface area (TPSA) is 93.7 Å². The van der Waals surface area contributed by atoms with Gasteiger partial charge in [-0.05, 0) is 49.8 Å². The molecule has 0 radical (unpaired) electrons. The van der Waals surface area contributed by atoms with Gasteiger partial charge in [-0.3, -0.25) is 4.79 Å². The molecule has 8 heteroatoms. The molecule has 0 unspecified atom stereocenters. The highest BCUT2D eigenvalue weighted by Gasteiger charge is 2.12. The van der Waals surface area contributed by atoms with Crippen LogP contribution in [-0.4, -0.2) is 34.1 Å². The first-order valence-electron chi connectivity index (χ1n) is 9.38. The minimum absolute atomic E-state index is 0.176. The summed E-state index contributed by atoms with van der Waals surface area (Å²) in [5, 5.41) is 2.78. The fraction of sp³-hybridized carbons (Fsp3) is 0.286. The molecule has 0 bridgehead atoms. The van der Waals surface area contributed by atoms with Crippen LogP contribution >= 0.6 is 0 Å². The van der Waals surface area contributed by atoms with Crippen LogP contribution in [0.25, 0.3) is 6.08 Å². The molecule has 2 N–H and O–H groups in total. The van der Waals surface area contributed by atoms with Gasteiger partial charge in [-0.2, -0.15) is 0 Å². The van der Waals surface area contributed by atoms with E-state index in [-0.39, 0.29) is 10.8 Å². The Hall–Kier alpha value is -2.84. The van der Waals surface area contributed by atoms with Crippen LogP contribution in [0.1, 0.15) is 26.3 Å². The highest BCUT2D eigenvalue weighted by atomic mass is 32.2. The average molecular weight is 419 g/mol. The minimum atomic E-state index is -3.50. The Kier molecular flexibility index (Phi) is 8.23. The second-order valence-electron chi connectivity index (χ2n) is 5.92. The van der Waals surface area contributed by atoms with E-state index < -0.39 is 10.0 Å². The second kappa shape index (κ2) is 10.6. The van der Waals surface area contributed by atoms with Gasteiger partial charge in [-0.1, -0.05) is 19.1 Å². The molecule has 0 aliphatic heterocycles. The molecule has 2 rings (SSSR count). The maximum Gasteiger partial charge on any atom is 0.248 e. The van der Waals surface area contributed by atoms with E-state index in [0.29, 0.717) is 42.5 Å². The molecule has 0 saturated carbocycles. The summed E-state index contributed by atoms with van der Waals surface area (Å²) in [5.74, 6) is 0.840. The first-order chi connectivity index (χ1) is 13.9. The summed E-state index contributed by atoms with van der Waals surface area (Å²) in [7, 11) is -3.50. The van der Waals surface area contributed by atoms with Crippen molar-refractivity contribution in [3.63, 3.8) is 0 Å². The Balaban J connectivity index is 2.10. The third-order valence-corrected chi connectivity index (χ3v) is 5.33. The smallest absolute Gasteiger partial charge is 0.248 e. The van der Waals surface area contributed by atoms with Crippen LogP contribution in [0.3, 0.4) is 0 Å². The number of hydrogen-bond acceptors (Lipinski definition) is 5. The lowest BCUT2D eigenvalue weighted by Crippen LogP contribution is -2.22. The van der Waals surface area contributed by atoms with E-state index in [1.165, 1.54) is 18.2 Å². The van der Waals surface area contributed by atoms with Crippen molar-refractivity contribution in [3.05, 3.63) is 54.1 Å². The Morgan fingerprint density at radius 2 is 1.69 bits per heavy atom. The molecular weight excluding hydrogens is 392 g/mol. The summed E-state index contributed by atoms with van der Waals surface area (Å²) in [5.41, 5.74) is 1.21. The van der Waals surface area contributed by atoms with E-state index in [1.807, 2.05) is 13.8 Å². The first-order valence-corrected chi connectivity index (χ1v) is 10.9. The molecule has 29 heavy (non-hydrogen) atoms. The minimum Gasteiger partial charge on any atom is -0.494 e. The number of ether oxygens (including phenoxy) is 2. The van der Waals surface area contributed by atoms with Gasteiger partial charge >= 0.3 is 0 Å². The highest BCUT2D eigenvalue weighted by Crippen LogP contribution is 2.29. The molecule has 0 aliphatic rings. The Morgan fingerprint density at radius 3 is 2.31 bits per heavy atom. The maximum absolute atomic E-state index is 12.3. The molecule has 0 fully saturated rings. The number of hydrogen-bond donors (Lipinski definition) is 2. The quantitative estimate of drug-likeness (QED) is 0.577. The number of rotatable bonds is 10. The molecule has 7 nitrogen and oxygen atoms in total. The average Bonchev–Trinajstić information content (AvgIpc) is 2.69. The van der Waals surface area contributed by atoms with Crippen LogP contribution in [0.15, 0.2) is 53.4 Å². The SMILES string of the molecule is CCNS(=O)(=O)c1ccc(/C=C/C(=O)Nc2cc(OCC)ccc2OCC)cc1. The first kappa shape index (κ1) is 22.4. The number of benzene rings is 2. The van der Waals surface area contributed by atoms with E-state index in [9.17, 15) is 13.2 Å². The summed E-state index contributed by atoms with van der Waals surface area (Å²) in [4.78, 5) is 12.5. The van der Waals surface area contributed by atoms with Crippen molar-refractivity contribution in [1.29, 1.82) is 0 Å². The lowest BCUT2D eigenvalue weighted by atomic mass is 10.2. The van der Waals surface area contributed by atoms with Crippen molar-refractivity contribution in [2.24, 2.45) is 0 Å². The third kappa shape index (κ3) is 6.62. The molecule has 1 amide bonds. The van der Waals surface area contributed by atoms with Crippen LogP contribution < -0.4 is 19.5 Å². The van der Waals surface area contributed by atoms with Crippen LogP contribution in [0.5, 0.6) is 11.5 Å². The summed E-state index contributed by atoms with van der Waals surface area (Å²) in [6.45, 7) is 6.76. The van der Waals surface area contributed by atoms with Gasteiger partial charge in [0.1, 0.15) is 11.5 Å². The van der Waals surface area contributed by atoms with Crippen molar-refractivity contribution in [2.45, 2.75) is 25.7 Å². The van der Waals surface area contributed by atoms with Crippen LogP contribution in [0.2, 0.25) is 0 Å². The third-order valence-electron chi connectivity index (χ3n) is 3.77. The van der Waals surface area contributed by atoms with E-state index in [0.717, 1.165) is 0 Å². The van der Waals surface area contributed by atoms with E-state index >= 15 is 0 Å². The van der Waals surface area contributed by atoms with Crippen molar-refractivity contribution >= 4 is 27.7 Å². The van der Waals surface area contributed by atoms with Gasteiger partial charge in [-0.15, -0.1) is 0 Å². The summed E-state index contributed by atoms with van der Waals surface area (Å²) >= 11 is 0. The largest absolute Gasteiger partial charge is 0.494 e. The Labute approximate surface area is 171 Å². The maximum atomic E-state index is 12.3. The van der Waals surface area contributed by atoms with Gasteiger partial charge in [0.25, 0.3) is 0 Å². The van der Waals surface area contributed by atoms with Gasteiger partial charge in [0.05, 0.1) is 23.8 Å². The number of anilines is 1. The lowest BCUT2D eigenvalue weighted by Gasteiger charge is -2.12. The molecule has 0 atom stereocenters. The van der Waals surface area contributed by atoms with E-state index in [2.05, 4.69) is 10.0 Å². The number of sulfonamides is 1. The second-order valence-corrected chi connectivity index (χ2v) is 7.68. The van der Waals surface area contributed by atoms with Crippen molar-refractivity contribution in [2.75, 3.05) is 25.1 Å². The molecule has 156 valence electrons. The van der Waals surface area contributed by atoms with Gasteiger partial charge in [-0.25, -0.2) is 13.1 Å². The van der Waals surface area contributed by atoms with Gasteiger partial charge in [0, 0.05) is 18.7 Å². The molecule has 2 aromatic carbocycles. The van der Waals surface area contributed by atoms with E-state index in [4.69, 9.17) is 9.47 Å². The van der Waals surface area contributed by atoms with Crippen LogP contribution in [-0.2, 0) is 14.8 Å². The fourth-order valence-corrected chi connectivity index (χ4v) is 3.56. The molecule has 0 aromatic heterocycles. The van der Waals surface area contributed by atoms with Crippen molar-refractivity contribution < 1.29 is 22.7 Å². The van der Waals surface area contributed by atoms with Crippen LogP contribution in [0.4, 0.5) is 5.69 Å². The Morgan fingerprint density at radius 1 is 1.00 bits per heavy atom. The zero-order valence-corrected chi connectivity index (χ0v) is 17.6. The van der Waals surface area contributed by atoms with Crippen molar-refractivity contribution in [3.8, 4) is 11.5 Å². The normalized spacial score (nSPS) is 11.4. The van der Waals surface area contributed by atoms with Gasteiger partial charge in [0.15, 0.2) is 0 Å². The standard InChI is InChI=1S/C21H26N2O5S/c1-4-22-29(25,26)18-11-7-16(8-12-18)9-14-21(24)23-19-15-17(27-5-2)10-13-20(19)28-6-3/h7-15,22H,4-6H2,1-3H3,(H,23,24)/b14-9+. The molecule has 2 aromatic rings. The number of nitrogens with one attached hydrogen (secondary N) is 2. The predicted octanol–water partition coefficient (Wildman–Crippen LogP) is 3.43. The molecule has 0 aliphatic carbocycles. The predicted molar refractivity (Wildman–Crippen MR) is 114 cm³/mol. The summed E-state index contributed by atoms with van der Waals surface area (Å²) in [6.07, 6.45) is 2.97. The Bertz CT molecular complexity index is 954. The van der Waals surface area contributed by atoms with E-state index in [1.54, 1.807) is 43.3 Å². The molecule has 0 heterocycles. The summed E-state index contributed by atoms with van der Waals surface area (Å²) in [6, 6.07) is 11.5. The van der Waals surface area contributed by atoms with Crippen LogP contribution in [0, 0.1) is 0 Å². The van der Waals surface area contributed by atoms with Gasteiger partial charge in [0.2, 0.25) is 15.9 Å². The van der Waals surface area contributed by atoms with Gasteiger partial charge < -0.3 is 14.8 Å². The zero-order chi connectivity index (χ0) is 21.3. The number of carbonyl (C=O) groups excluding carboxylic acids is 1. The number of amides is 1.